The van der Waals surface area contributed by atoms with Crippen LogP contribution in [0.1, 0.15) is 30.9 Å². The van der Waals surface area contributed by atoms with Crippen molar-refractivity contribution < 1.29 is 64.3 Å². The van der Waals surface area contributed by atoms with E-state index in [2.05, 4.69) is 0 Å². The van der Waals surface area contributed by atoms with Crippen molar-refractivity contribution in [2.75, 3.05) is 0 Å². The van der Waals surface area contributed by atoms with Crippen LogP contribution in [-0.4, -0.2) is 6.98 Å². The van der Waals surface area contributed by atoms with Gasteiger partial charge in [0.1, 0.15) is 0 Å². The summed E-state index contributed by atoms with van der Waals surface area (Å²) in [6.45, 7) is -0.778. The molecule has 0 aliphatic rings. The van der Waals surface area contributed by atoms with E-state index in [1.54, 1.807) is 12.1 Å². The van der Waals surface area contributed by atoms with Crippen molar-refractivity contribution in [1.82, 2.24) is 0 Å². The Hall–Kier alpha value is 0.711. The molecule has 0 amide bonds. The van der Waals surface area contributed by atoms with Gasteiger partial charge < -0.3 is 12.9 Å². The number of rotatable bonds is 3. The number of hydrogen-bond donors (Lipinski definition) is 0. The molecule has 0 saturated carbocycles. The van der Waals surface area contributed by atoms with E-state index >= 15 is 0 Å². The monoisotopic (exact) mass is 240 g/mol. The molecule has 1 aromatic rings. The molecule has 0 N–H and O–H groups in total. The Balaban J connectivity index is 0.00000196. The van der Waals surface area contributed by atoms with Gasteiger partial charge in [-0.1, -0.05) is 50.0 Å². The van der Waals surface area contributed by atoms with Crippen LogP contribution < -0.4 is 51.4 Å². The second kappa shape index (κ2) is 6.45. The second-order valence-electron chi connectivity index (χ2n) is 3.81. The van der Waals surface area contributed by atoms with Crippen molar-refractivity contribution in [3.05, 3.63) is 35.4 Å². The third-order valence-electron chi connectivity index (χ3n) is 2.08. The van der Waals surface area contributed by atoms with Crippen LogP contribution in [0.4, 0.5) is 12.9 Å². The molecule has 0 radical (unpaired) electrons. The van der Waals surface area contributed by atoms with Gasteiger partial charge in [0.2, 0.25) is 0 Å². The normalized spacial score (nSPS) is 11.3. The van der Waals surface area contributed by atoms with E-state index in [9.17, 15) is 12.9 Å². The fourth-order valence-electron chi connectivity index (χ4n) is 1.35. The van der Waals surface area contributed by atoms with Crippen molar-refractivity contribution in [2.45, 2.75) is 26.1 Å². The van der Waals surface area contributed by atoms with E-state index in [-0.39, 0.29) is 57.3 Å². The Bertz CT molecular complexity index is 310. The minimum Gasteiger partial charge on any atom is -0.449 e. The largest absolute Gasteiger partial charge is 1.00 e. The van der Waals surface area contributed by atoms with Crippen LogP contribution in [0.3, 0.4) is 0 Å². The second-order valence-corrected chi connectivity index (χ2v) is 3.81. The molecule has 0 aliphatic heterocycles. The Labute approximate surface area is 131 Å². The Morgan fingerprint density at radius 3 is 2.27 bits per heavy atom. The zero-order valence-corrected chi connectivity index (χ0v) is 12.4. The Morgan fingerprint density at radius 2 is 1.80 bits per heavy atom. The molecule has 15 heavy (non-hydrogen) atoms. The van der Waals surface area contributed by atoms with Crippen molar-refractivity contribution in [3.63, 3.8) is 0 Å². The van der Waals surface area contributed by atoms with Crippen LogP contribution in [-0.2, 0) is 6.32 Å². The fourth-order valence-corrected chi connectivity index (χ4v) is 1.35. The summed E-state index contributed by atoms with van der Waals surface area (Å²) in [4.78, 5) is 0. The van der Waals surface area contributed by atoms with E-state index in [1.165, 1.54) is 6.07 Å². The Kier molecular flexibility index (Phi) is 6.75. The third kappa shape index (κ3) is 6.12. The molecule has 0 fully saturated rings. The van der Waals surface area contributed by atoms with Gasteiger partial charge in [-0.25, -0.2) is 0 Å². The average Bonchev–Trinajstić information content (AvgIpc) is 2.01. The zero-order valence-electron chi connectivity index (χ0n) is 9.31. The molecule has 0 spiro atoms. The smallest absolute Gasteiger partial charge is 0.449 e. The molecule has 0 unspecified atom stereocenters. The van der Waals surface area contributed by atoms with Crippen LogP contribution in [0, 0.1) is 0 Å². The van der Waals surface area contributed by atoms with Gasteiger partial charge in [0.05, 0.1) is 0 Å². The first-order chi connectivity index (χ1) is 6.38. The summed E-state index contributed by atoms with van der Waals surface area (Å²) >= 11 is 0. The molecular formula is C10H13BF3K. The molecule has 5 heteroatoms. The number of hydrogen-bond acceptors (Lipinski definition) is 0. The van der Waals surface area contributed by atoms with E-state index < -0.39 is 13.3 Å². The van der Waals surface area contributed by atoms with E-state index in [0.717, 1.165) is 5.56 Å². The minimum absolute atomic E-state index is 0. The summed E-state index contributed by atoms with van der Waals surface area (Å²) in [6.07, 6.45) is -0.777. The summed E-state index contributed by atoms with van der Waals surface area (Å²) in [5.74, 6) is 0.274. The van der Waals surface area contributed by atoms with Crippen LogP contribution in [0.5, 0.6) is 0 Å². The minimum atomic E-state index is -4.72. The third-order valence-corrected chi connectivity index (χ3v) is 2.08. The van der Waals surface area contributed by atoms with Gasteiger partial charge in [-0.05, 0) is 11.5 Å². The molecular weight excluding hydrogens is 227 g/mol. The van der Waals surface area contributed by atoms with Crippen molar-refractivity contribution in [2.24, 2.45) is 0 Å². The molecule has 0 saturated heterocycles. The molecule has 0 aromatic heterocycles. The zero-order chi connectivity index (χ0) is 10.8. The SMILES string of the molecule is CC(C)c1cccc(C[B-](F)(F)F)c1.[K+]. The van der Waals surface area contributed by atoms with Crippen molar-refractivity contribution in [3.8, 4) is 0 Å². The molecule has 1 rings (SSSR count). The molecule has 0 aliphatic carbocycles. The van der Waals surface area contributed by atoms with Crippen LogP contribution in [0.25, 0.3) is 0 Å². The maximum atomic E-state index is 12.1. The fraction of sp³-hybridized carbons (Fsp3) is 0.400. The topological polar surface area (TPSA) is 0 Å². The summed E-state index contributed by atoms with van der Waals surface area (Å²) in [5, 5.41) is 0. The van der Waals surface area contributed by atoms with E-state index in [1.807, 2.05) is 19.9 Å². The predicted octanol–water partition coefficient (Wildman–Crippen LogP) is 0.743. The van der Waals surface area contributed by atoms with Crippen LogP contribution in [0.2, 0.25) is 0 Å². The van der Waals surface area contributed by atoms with Crippen molar-refractivity contribution in [1.29, 1.82) is 0 Å². The van der Waals surface area contributed by atoms with Gasteiger partial charge in [-0.2, -0.15) is 0 Å². The standard InChI is InChI=1S/C10H13BF3.K/c1-8(2)10-5-3-4-9(6-10)7-11(12,13)14;/h3-6,8H,7H2,1-2H3;/q-1;+1. The summed E-state index contributed by atoms with van der Waals surface area (Å²) in [6, 6.07) is 6.71. The maximum absolute atomic E-state index is 12.1. The summed E-state index contributed by atoms with van der Waals surface area (Å²) in [5.41, 5.74) is 1.33. The van der Waals surface area contributed by atoms with E-state index in [0.29, 0.717) is 5.56 Å². The molecule has 0 nitrogen and oxygen atoms in total. The maximum Gasteiger partial charge on any atom is 1.00 e. The first kappa shape index (κ1) is 15.7. The van der Waals surface area contributed by atoms with Crippen molar-refractivity contribution >= 4 is 6.98 Å². The quantitative estimate of drug-likeness (QED) is 0.684. The average molecular weight is 240 g/mol. The van der Waals surface area contributed by atoms with E-state index in [4.69, 9.17) is 0 Å². The predicted molar refractivity (Wildman–Crippen MR) is 53.3 cm³/mol. The van der Waals surface area contributed by atoms with Gasteiger partial charge in [0, 0.05) is 0 Å². The molecule has 1 aromatic carbocycles. The Morgan fingerprint density at radius 1 is 1.20 bits per heavy atom. The van der Waals surface area contributed by atoms with Gasteiger partial charge in [-0.15, -0.1) is 0 Å². The number of halogens is 3. The van der Waals surface area contributed by atoms with Gasteiger partial charge >= 0.3 is 58.4 Å². The van der Waals surface area contributed by atoms with Crippen LogP contribution >= 0.6 is 0 Å². The summed E-state index contributed by atoms with van der Waals surface area (Å²) in [7, 11) is 0. The number of benzene rings is 1. The first-order valence-corrected chi connectivity index (χ1v) is 4.68. The summed E-state index contributed by atoms with van der Waals surface area (Å²) < 4.78 is 36.4. The molecule has 0 heterocycles. The van der Waals surface area contributed by atoms with Crippen LogP contribution in [0.15, 0.2) is 24.3 Å². The van der Waals surface area contributed by atoms with Gasteiger partial charge in [-0.3, -0.25) is 0 Å². The van der Waals surface area contributed by atoms with Gasteiger partial charge in [0.15, 0.2) is 0 Å². The first-order valence-electron chi connectivity index (χ1n) is 4.68. The molecule has 0 atom stereocenters. The molecule has 0 bridgehead atoms. The molecule has 78 valence electrons. The van der Waals surface area contributed by atoms with Gasteiger partial charge in [0.25, 0.3) is 0 Å².